The predicted molar refractivity (Wildman–Crippen MR) is 37.4 cm³/mol. The smallest absolute Gasteiger partial charge is 0.0976 e. The van der Waals surface area contributed by atoms with Crippen LogP contribution in [0.25, 0.3) is 0 Å². The molecule has 0 aromatic carbocycles. The molecule has 0 bridgehead atoms. The van der Waals surface area contributed by atoms with Gasteiger partial charge in [-0.1, -0.05) is 0 Å². The zero-order chi connectivity index (χ0) is 6.81. The maximum absolute atomic E-state index is 5.42. The van der Waals surface area contributed by atoms with Gasteiger partial charge >= 0.3 is 0 Å². The molecule has 0 aromatic rings. The van der Waals surface area contributed by atoms with Crippen molar-refractivity contribution in [1.82, 2.24) is 0 Å². The summed E-state index contributed by atoms with van der Waals surface area (Å²) in [5.74, 6) is 0.771. The molecule has 2 rings (SSSR count). The Morgan fingerprint density at radius 3 is 2.80 bits per heavy atom. The minimum absolute atomic E-state index is 0.771. The molecule has 0 unspecified atom stereocenters. The fraction of sp³-hybridized carbons (Fsp3) is 0.875. The number of rotatable bonds is 2. The first-order chi connectivity index (χ1) is 4.95. The minimum Gasteiger partial charge on any atom is -0.381 e. The summed E-state index contributed by atoms with van der Waals surface area (Å²) in [6, 6.07) is 0. The van der Waals surface area contributed by atoms with E-state index in [1.165, 1.54) is 18.9 Å². The van der Waals surface area contributed by atoms with E-state index in [2.05, 4.69) is 0 Å². The van der Waals surface area contributed by atoms with Gasteiger partial charge in [0.25, 0.3) is 0 Å². The van der Waals surface area contributed by atoms with E-state index in [-0.39, 0.29) is 0 Å². The molecule has 2 aliphatic heterocycles. The number of hydrogen-bond acceptors (Lipinski definition) is 2. The van der Waals surface area contributed by atoms with Gasteiger partial charge in [-0.2, -0.15) is 0 Å². The van der Waals surface area contributed by atoms with Crippen LogP contribution in [0, 0.1) is 12.0 Å². The third-order valence-electron chi connectivity index (χ3n) is 2.13. The lowest BCUT2D eigenvalue weighted by molar-refractivity contribution is -0.0422. The SMILES string of the molecule is C1CO[C](CC2COC2)C1. The molecule has 57 valence electrons. The molecule has 0 N–H and O–H groups in total. The molecule has 2 heteroatoms. The van der Waals surface area contributed by atoms with Crippen LogP contribution in [-0.4, -0.2) is 19.8 Å². The van der Waals surface area contributed by atoms with Gasteiger partial charge in [-0.15, -0.1) is 0 Å². The van der Waals surface area contributed by atoms with Crippen LogP contribution in [0.1, 0.15) is 19.3 Å². The van der Waals surface area contributed by atoms with Crippen LogP contribution in [0.2, 0.25) is 0 Å². The van der Waals surface area contributed by atoms with E-state index in [0.29, 0.717) is 0 Å². The summed E-state index contributed by atoms with van der Waals surface area (Å²) in [6.45, 7) is 2.85. The second-order valence-corrected chi connectivity index (χ2v) is 3.10. The lowest BCUT2D eigenvalue weighted by Crippen LogP contribution is -2.28. The van der Waals surface area contributed by atoms with Gasteiger partial charge in [-0.3, -0.25) is 0 Å². The average molecular weight is 141 g/mol. The van der Waals surface area contributed by atoms with Crippen LogP contribution in [0.3, 0.4) is 0 Å². The van der Waals surface area contributed by atoms with Crippen LogP contribution >= 0.6 is 0 Å². The second-order valence-electron chi connectivity index (χ2n) is 3.10. The number of ether oxygens (including phenoxy) is 2. The van der Waals surface area contributed by atoms with E-state index in [9.17, 15) is 0 Å². The van der Waals surface area contributed by atoms with Crippen LogP contribution in [0.4, 0.5) is 0 Å². The van der Waals surface area contributed by atoms with Gasteiger partial charge in [0.1, 0.15) is 0 Å². The zero-order valence-corrected chi connectivity index (χ0v) is 6.14. The Labute approximate surface area is 61.5 Å². The third kappa shape index (κ3) is 1.32. The highest BCUT2D eigenvalue weighted by molar-refractivity contribution is 4.87. The molecule has 0 saturated carbocycles. The van der Waals surface area contributed by atoms with Crippen molar-refractivity contribution in [3.05, 3.63) is 6.10 Å². The monoisotopic (exact) mass is 141 g/mol. The van der Waals surface area contributed by atoms with Crippen molar-refractivity contribution in [3.63, 3.8) is 0 Å². The number of hydrogen-bond donors (Lipinski definition) is 0. The maximum atomic E-state index is 5.42. The molecule has 0 spiro atoms. The molecule has 10 heavy (non-hydrogen) atoms. The normalized spacial score (nSPS) is 28.8. The fourth-order valence-corrected chi connectivity index (χ4v) is 1.44. The van der Waals surface area contributed by atoms with E-state index < -0.39 is 0 Å². The van der Waals surface area contributed by atoms with Crippen LogP contribution in [-0.2, 0) is 9.47 Å². The molecule has 0 aliphatic carbocycles. The van der Waals surface area contributed by atoms with Crippen LogP contribution in [0.15, 0.2) is 0 Å². The molecule has 0 atom stereocenters. The van der Waals surface area contributed by atoms with Crippen LogP contribution in [0.5, 0.6) is 0 Å². The van der Waals surface area contributed by atoms with Crippen molar-refractivity contribution in [2.45, 2.75) is 19.3 Å². The van der Waals surface area contributed by atoms with Gasteiger partial charge in [0, 0.05) is 12.5 Å². The van der Waals surface area contributed by atoms with Crippen molar-refractivity contribution in [3.8, 4) is 0 Å². The molecule has 2 aliphatic rings. The summed E-state index contributed by atoms with van der Waals surface area (Å²) in [4.78, 5) is 0. The molecule has 1 radical (unpaired) electrons. The van der Waals surface area contributed by atoms with E-state index in [1.807, 2.05) is 0 Å². The molecular formula is C8H13O2. The lowest BCUT2D eigenvalue weighted by Gasteiger charge is -2.27. The van der Waals surface area contributed by atoms with E-state index >= 15 is 0 Å². The Balaban J connectivity index is 1.68. The highest BCUT2D eigenvalue weighted by Gasteiger charge is 2.26. The summed E-state index contributed by atoms with van der Waals surface area (Å²) in [5, 5.41) is 0. The molecule has 2 heterocycles. The minimum atomic E-state index is 0.771. The molecule has 0 amide bonds. The first kappa shape index (κ1) is 6.62. The van der Waals surface area contributed by atoms with Gasteiger partial charge in [-0.05, 0) is 19.3 Å². The Bertz CT molecular complexity index is 104. The highest BCUT2D eigenvalue weighted by atomic mass is 16.5. The average Bonchev–Trinajstić information content (AvgIpc) is 2.29. The first-order valence-corrected chi connectivity index (χ1v) is 4.00. The predicted octanol–water partition coefficient (Wildman–Crippen LogP) is 1.37. The van der Waals surface area contributed by atoms with Crippen molar-refractivity contribution >= 4 is 0 Å². The zero-order valence-electron chi connectivity index (χ0n) is 6.14. The van der Waals surface area contributed by atoms with Crippen molar-refractivity contribution < 1.29 is 9.47 Å². The van der Waals surface area contributed by atoms with Crippen molar-refractivity contribution in [1.29, 1.82) is 0 Å². The van der Waals surface area contributed by atoms with Crippen molar-refractivity contribution in [2.24, 2.45) is 5.92 Å². The fourth-order valence-electron chi connectivity index (χ4n) is 1.44. The quantitative estimate of drug-likeness (QED) is 0.578. The van der Waals surface area contributed by atoms with Crippen LogP contribution < -0.4 is 0 Å². The van der Waals surface area contributed by atoms with Gasteiger partial charge < -0.3 is 9.47 Å². The maximum Gasteiger partial charge on any atom is 0.0976 e. The molecular weight excluding hydrogens is 128 g/mol. The Morgan fingerprint density at radius 1 is 1.40 bits per heavy atom. The summed E-state index contributed by atoms with van der Waals surface area (Å²) < 4.78 is 10.5. The largest absolute Gasteiger partial charge is 0.381 e. The molecule has 2 nitrogen and oxygen atoms in total. The Kier molecular flexibility index (Phi) is 1.91. The Hall–Kier alpha value is -0.0800. The lowest BCUT2D eigenvalue weighted by atomic mass is 9.99. The van der Waals surface area contributed by atoms with Gasteiger partial charge in [0.15, 0.2) is 0 Å². The summed E-state index contributed by atoms with van der Waals surface area (Å²) in [7, 11) is 0. The molecule has 2 fully saturated rings. The molecule has 2 saturated heterocycles. The summed E-state index contributed by atoms with van der Waals surface area (Å²) in [5.41, 5.74) is 0. The first-order valence-electron chi connectivity index (χ1n) is 4.00. The summed E-state index contributed by atoms with van der Waals surface area (Å²) >= 11 is 0. The van der Waals surface area contributed by atoms with Gasteiger partial charge in [0.2, 0.25) is 0 Å². The highest BCUT2D eigenvalue weighted by Crippen LogP contribution is 2.29. The second kappa shape index (κ2) is 2.89. The van der Waals surface area contributed by atoms with Gasteiger partial charge in [-0.25, -0.2) is 0 Å². The van der Waals surface area contributed by atoms with Crippen molar-refractivity contribution in [2.75, 3.05) is 19.8 Å². The molecule has 0 aromatic heterocycles. The van der Waals surface area contributed by atoms with E-state index in [1.54, 1.807) is 0 Å². The summed E-state index contributed by atoms with van der Waals surface area (Å²) in [6.07, 6.45) is 4.88. The van der Waals surface area contributed by atoms with E-state index in [4.69, 9.17) is 9.47 Å². The van der Waals surface area contributed by atoms with Gasteiger partial charge in [0.05, 0.1) is 19.3 Å². The third-order valence-corrected chi connectivity index (χ3v) is 2.13. The topological polar surface area (TPSA) is 18.5 Å². The Morgan fingerprint density at radius 2 is 2.30 bits per heavy atom. The van der Waals surface area contributed by atoms with E-state index in [0.717, 1.165) is 32.2 Å². The standard InChI is InChI=1S/C8H13O2/c1-2-8(10-3-1)4-7-5-9-6-7/h7H,1-6H2.